The van der Waals surface area contributed by atoms with E-state index >= 15 is 0 Å². The predicted molar refractivity (Wildman–Crippen MR) is 76.7 cm³/mol. The van der Waals surface area contributed by atoms with E-state index < -0.39 is 15.0 Å². The van der Waals surface area contributed by atoms with Crippen molar-refractivity contribution in [2.24, 2.45) is 0 Å². The average Bonchev–Trinajstić information content (AvgIpc) is 2.26. The minimum absolute atomic E-state index is 0.0647. The molecule has 0 aliphatic heterocycles. The molecule has 0 aromatic heterocycles. The number of benzene rings is 1. The van der Waals surface area contributed by atoms with Crippen molar-refractivity contribution >= 4 is 48.8 Å². The summed E-state index contributed by atoms with van der Waals surface area (Å²) < 4.78 is 22.6. The van der Waals surface area contributed by atoms with Crippen LogP contribution in [0.25, 0.3) is 0 Å². The van der Waals surface area contributed by atoms with Crippen molar-refractivity contribution in [1.29, 1.82) is 0 Å². The van der Waals surface area contributed by atoms with E-state index in [1.165, 1.54) is 6.07 Å². The SMILES string of the molecule is CCC(C)NC(=O)c1c(Cl)ccc(S(=O)(=O)Cl)c1Cl. The van der Waals surface area contributed by atoms with E-state index in [2.05, 4.69) is 5.32 Å². The highest BCUT2D eigenvalue weighted by Crippen LogP contribution is 2.32. The van der Waals surface area contributed by atoms with Gasteiger partial charge in [0.25, 0.3) is 15.0 Å². The van der Waals surface area contributed by atoms with Gasteiger partial charge in [0.05, 0.1) is 15.6 Å². The smallest absolute Gasteiger partial charge is 0.262 e. The Kier molecular flexibility index (Phi) is 5.50. The van der Waals surface area contributed by atoms with Crippen LogP contribution in [0.15, 0.2) is 17.0 Å². The molecule has 1 rings (SSSR count). The lowest BCUT2D eigenvalue weighted by molar-refractivity contribution is 0.0939. The summed E-state index contributed by atoms with van der Waals surface area (Å²) in [5, 5.41) is 2.45. The van der Waals surface area contributed by atoms with Gasteiger partial charge in [0.1, 0.15) is 4.90 Å². The number of rotatable bonds is 4. The Morgan fingerprint density at radius 1 is 1.37 bits per heavy atom. The van der Waals surface area contributed by atoms with Gasteiger partial charge in [-0.2, -0.15) is 0 Å². The third-order valence-electron chi connectivity index (χ3n) is 2.54. The quantitative estimate of drug-likeness (QED) is 0.851. The highest BCUT2D eigenvalue weighted by molar-refractivity contribution is 8.13. The second-order valence-electron chi connectivity index (χ2n) is 3.96. The van der Waals surface area contributed by atoms with Crippen molar-refractivity contribution in [3.8, 4) is 0 Å². The number of halogens is 3. The third kappa shape index (κ3) is 3.99. The molecule has 0 saturated heterocycles. The highest BCUT2D eigenvalue weighted by Gasteiger charge is 2.24. The number of carbonyl (C=O) groups is 1. The Morgan fingerprint density at radius 2 is 1.95 bits per heavy atom. The Bertz CT molecular complexity index is 601. The van der Waals surface area contributed by atoms with Crippen LogP contribution in [0, 0.1) is 0 Å². The summed E-state index contributed by atoms with van der Waals surface area (Å²) >= 11 is 11.8. The summed E-state index contributed by atoms with van der Waals surface area (Å²) in [4.78, 5) is 11.7. The van der Waals surface area contributed by atoms with Gasteiger partial charge in [-0.25, -0.2) is 8.42 Å². The van der Waals surface area contributed by atoms with Gasteiger partial charge in [-0.1, -0.05) is 30.1 Å². The zero-order valence-electron chi connectivity index (χ0n) is 10.2. The van der Waals surface area contributed by atoms with Gasteiger partial charge in [-0.3, -0.25) is 4.79 Å². The minimum Gasteiger partial charge on any atom is -0.350 e. The first-order valence-electron chi connectivity index (χ1n) is 5.42. The van der Waals surface area contributed by atoms with Crippen LogP contribution < -0.4 is 5.32 Å². The summed E-state index contributed by atoms with van der Waals surface area (Å²) in [6.07, 6.45) is 0.717. The number of nitrogens with one attached hydrogen (secondary N) is 1. The summed E-state index contributed by atoms with van der Waals surface area (Å²) in [6.45, 7) is 3.70. The first kappa shape index (κ1) is 16.6. The van der Waals surface area contributed by atoms with Crippen LogP contribution in [0.5, 0.6) is 0 Å². The Labute approximate surface area is 126 Å². The minimum atomic E-state index is -4.04. The first-order chi connectivity index (χ1) is 8.68. The van der Waals surface area contributed by atoms with Crippen molar-refractivity contribution in [3.05, 3.63) is 27.7 Å². The molecule has 1 amide bonds. The van der Waals surface area contributed by atoms with Gasteiger partial charge in [-0.15, -0.1) is 0 Å². The molecule has 19 heavy (non-hydrogen) atoms. The van der Waals surface area contributed by atoms with Crippen LogP contribution in [-0.2, 0) is 9.05 Å². The van der Waals surface area contributed by atoms with Crippen molar-refractivity contribution in [2.45, 2.75) is 31.2 Å². The average molecular weight is 345 g/mol. The van der Waals surface area contributed by atoms with Gasteiger partial charge in [0.15, 0.2) is 0 Å². The van der Waals surface area contributed by atoms with Gasteiger partial charge < -0.3 is 5.32 Å². The fraction of sp³-hybridized carbons (Fsp3) is 0.364. The molecule has 8 heteroatoms. The molecule has 1 unspecified atom stereocenters. The second kappa shape index (κ2) is 6.31. The fourth-order valence-electron chi connectivity index (χ4n) is 1.33. The van der Waals surface area contributed by atoms with E-state index in [4.69, 9.17) is 33.9 Å². The first-order valence-corrected chi connectivity index (χ1v) is 8.48. The van der Waals surface area contributed by atoms with Crippen molar-refractivity contribution in [1.82, 2.24) is 5.32 Å². The molecular weight excluding hydrogens is 333 g/mol. The molecule has 0 spiro atoms. The standard InChI is InChI=1S/C11H12Cl3NO3S/c1-3-6(2)15-11(16)9-7(12)4-5-8(10(9)13)19(14,17)18/h4-6H,3H2,1-2H3,(H,15,16). The third-order valence-corrected chi connectivity index (χ3v) is 4.72. The van der Waals surface area contributed by atoms with E-state index in [1.54, 1.807) is 0 Å². The number of hydrogen-bond acceptors (Lipinski definition) is 3. The predicted octanol–water partition coefficient (Wildman–Crippen LogP) is 3.45. The Morgan fingerprint density at radius 3 is 2.42 bits per heavy atom. The molecule has 1 N–H and O–H groups in total. The lowest BCUT2D eigenvalue weighted by Gasteiger charge is -2.14. The van der Waals surface area contributed by atoms with Crippen LogP contribution in [-0.4, -0.2) is 20.4 Å². The molecule has 0 aliphatic rings. The summed E-state index contributed by atoms with van der Waals surface area (Å²) in [6, 6.07) is 2.34. The van der Waals surface area contributed by atoms with E-state index in [9.17, 15) is 13.2 Å². The molecular formula is C11H12Cl3NO3S. The molecule has 0 radical (unpaired) electrons. The Hall–Kier alpha value is -0.490. The van der Waals surface area contributed by atoms with E-state index in [0.29, 0.717) is 6.42 Å². The maximum Gasteiger partial charge on any atom is 0.262 e. The van der Waals surface area contributed by atoms with Crippen molar-refractivity contribution in [2.75, 3.05) is 0 Å². The van der Waals surface area contributed by atoms with E-state index in [1.807, 2.05) is 13.8 Å². The number of carbonyl (C=O) groups excluding carboxylic acids is 1. The van der Waals surface area contributed by atoms with Gasteiger partial charge in [-0.05, 0) is 25.5 Å². The van der Waals surface area contributed by atoms with Crippen LogP contribution in [0.4, 0.5) is 0 Å². The molecule has 106 valence electrons. The van der Waals surface area contributed by atoms with E-state index in [0.717, 1.165) is 6.07 Å². The summed E-state index contributed by atoms with van der Waals surface area (Å²) in [7, 11) is 1.20. The maximum absolute atomic E-state index is 12.0. The van der Waals surface area contributed by atoms with Crippen LogP contribution in [0.2, 0.25) is 10.0 Å². The lowest BCUT2D eigenvalue weighted by atomic mass is 10.2. The zero-order valence-corrected chi connectivity index (χ0v) is 13.3. The topological polar surface area (TPSA) is 63.2 Å². The molecule has 1 aromatic carbocycles. The lowest BCUT2D eigenvalue weighted by Crippen LogP contribution is -2.32. The molecule has 0 bridgehead atoms. The molecule has 1 atom stereocenters. The highest BCUT2D eigenvalue weighted by atomic mass is 35.7. The van der Waals surface area contributed by atoms with Crippen LogP contribution in [0.3, 0.4) is 0 Å². The summed E-state index contributed by atoms with van der Waals surface area (Å²) in [5.74, 6) is -0.536. The molecule has 0 aliphatic carbocycles. The number of amides is 1. The number of hydrogen-bond donors (Lipinski definition) is 1. The maximum atomic E-state index is 12.0. The van der Waals surface area contributed by atoms with Crippen LogP contribution >= 0.6 is 33.9 Å². The Balaban J connectivity index is 3.32. The second-order valence-corrected chi connectivity index (χ2v) is 7.27. The van der Waals surface area contributed by atoms with Crippen molar-refractivity contribution in [3.63, 3.8) is 0 Å². The van der Waals surface area contributed by atoms with Crippen molar-refractivity contribution < 1.29 is 13.2 Å². The molecule has 0 fully saturated rings. The molecule has 4 nitrogen and oxygen atoms in total. The monoisotopic (exact) mass is 343 g/mol. The largest absolute Gasteiger partial charge is 0.350 e. The van der Waals surface area contributed by atoms with Gasteiger partial charge in [0.2, 0.25) is 0 Å². The normalized spacial score (nSPS) is 13.1. The fourth-order valence-corrected chi connectivity index (χ4v) is 3.23. The molecule has 0 heterocycles. The molecule has 0 saturated carbocycles. The summed E-state index contributed by atoms with van der Waals surface area (Å²) in [5.41, 5.74) is -0.0923. The zero-order chi connectivity index (χ0) is 14.8. The van der Waals surface area contributed by atoms with E-state index in [-0.39, 0.29) is 26.5 Å². The van der Waals surface area contributed by atoms with Gasteiger partial charge >= 0.3 is 0 Å². The van der Waals surface area contributed by atoms with Crippen LogP contribution in [0.1, 0.15) is 30.6 Å². The molecule has 1 aromatic rings. The van der Waals surface area contributed by atoms with Gasteiger partial charge in [0, 0.05) is 16.7 Å².